The van der Waals surface area contributed by atoms with E-state index in [-0.39, 0.29) is 5.41 Å². The van der Waals surface area contributed by atoms with Crippen LogP contribution in [0.4, 0.5) is 0 Å². The third-order valence-corrected chi connectivity index (χ3v) is 6.01. The van der Waals surface area contributed by atoms with Crippen LogP contribution in [0.15, 0.2) is 42.9 Å². The van der Waals surface area contributed by atoms with E-state index in [0.717, 1.165) is 69.9 Å². The first-order chi connectivity index (χ1) is 13.2. The Labute approximate surface area is 160 Å². The predicted octanol–water partition coefficient (Wildman–Crippen LogP) is 2.32. The molecule has 2 aromatic rings. The van der Waals surface area contributed by atoms with Crippen LogP contribution >= 0.6 is 0 Å². The fraction of sp³-hybridized carbons (Fsp3) is 0.524. The van der Waals surface area contributed by atoms with Crippen LogP contribution in [0.5, 0.6) is 0 Å². The molecule has 2 aliphatic rings. The first-order valence-corrected chi connectivity index (χ1v) is 9.88. The Hall–Kier alpha value is -2.34. The summed E-state index contributed by atoms with van der Waals surface area (Å²) in [5, 5.41) is 0. The summed E-state index contributed by atoms with van der Waals surface area (Å²) in [6.45, 7) is 4.60. The molecular weight excluding hydrogens is 338 g/mol. The van der Waals surface area contributed by atoms with Gasteiger partial charge in [0, 0.05) is 50.2 Å². The number of amides is 1. The molecule has 0 saturated carbocycles. The summed E-state index contributed by atoms with van der Waals surface area (Å²) >= 11 is 0. The molecule has 0 aromatic carbocycles. The molecule has 0 N–H and O–H groups in total. The van der Waals surface area contributed by atoms with Gasteiger partial charge in [0.05, 0.1) is 6.54 Å². The Kier molecular flexibility index (Phi) is 5.43. The Morgan fingerprint density at radius 2 is 1.74 bits per heavy atom. The topological polar surface area (TPSA) is 62.2 Å². The van der Waals surface area contributed by atoms with Crippen molar-refractivity contribution in [3.63, 3.8) is 0 Å². The van der Waals surface area contributed by atoms with E-state index in [4.69, 9.17) is 0 Å². The van der Waals surface area contributed by atoms with Crippen LogP contribution in [-0.4, -0.2) is 56.8 Å². The molecule has 2 saturated heterocycles. The first kappa shape index (κ1) is 18.0. The van der Waals surface area contributed by atoms with Gasteiger partial charge in [-0.15, -0.1) is 0 Å². The number of rotatable bonds is 5. The Morgan fingerprint density at radius 3 is 2.48 bits per heavy atom. The smallest absolute Gasteiger partial charge is 0.222 e. The average Bonchev–Trinajstić information content (AvgIpc) is 2.72. The Morgan fingerprint density at radius 1 is 0.963 bits per heavy atom. The number of likely N-dealkylation sites (tertiary alicyclic amines) is 2. The highest BCUT2D eigenvalue weighted by molar-refractivity contribution is 5.77. The second-order valence-electron chi connectivity index (χ2n) is 7.83. The highest BCUT2D eigenvalue weighted by atomic mass is 16.2. The van der Waals surface area contributed by atoms with Gasteiger partial charge in [-0.2, -0.15) is 0 Å². The maximum Gasteiger partial charge on any atom is 0.222 e. The van der Waals surface area contributed by atoms with E-state index in [1.807, 2.05) is 30.5 Å². The van der Waals surface area contributed by atoms with Crippen molar-refractivity contribution in [3.8, 4) is 0 Å². The second-order valence-corrected chi connectivity index (χ2v) is 7.83. The van der Waals surface area contributed by atoms with Gasteiger partial charge in [-0.3, -0.25) is 14.7 Å². The lowest BCUT2D eigenvalue weighted by molar-refractivity contribution is -0.139. The van der Waals surface area contributed by atoms with E-state index in [1.54, 1.807) is 12.4 Å². The first-order valence-electron chi connectivity index (χ1n) is 9.88. The molecule has 6 heteroatoms. The number of hydrogen-bond donors (Lipinski definition) is 0. The molecule has 0 unspecified atom stereocenters. The molecule has 0 atom stereocenters. The predicted molar refractivity (Wildman–Crippen MR) is 103 cm³/mol. The molecule has 142 valence electrons. The zero-order valence-corrected chi connectivity index (χ0v) is 15.8. The van der Waals surface area contributed by atoms with Crippen molar-refractivity contribution in [3.05, 3.63) is 54.4 Å². The fourth-order valence-corrected chi connectivity index (χ4v) is 4.31. The second kappa shape index (κ2) is 8.13. The standard InChI is InChI=1S/C21H27N5O/c27-20-5-7-21(17-26(20)13-6-18-4-1-2-10-22-18)8-14-25(15-9-21)16-19-23-11-3-12-24-19/h1-4,10-12H,5-9,13-17H2. The summed E-state index contributed by atoms with van der Waals surface area (Å²) in [7, 11) is 0. The number of aromatic nitrogens is 3. The van der Waals surface area contributed by atoms with Gasteiger partial charge >= 0.3 is 0 Å². The molecule has 0 radical (unpaired) electrons. The van der Waals surface area contributed by atoms with Crippen LogP contribution in [0.1, 0.15) is 37.2 Å². The normalized spacial score (nSPS) is 20.1. The summed E-state index contributed by atoms with van der Waals surface area (Å²) in [5.41, 5.74) is 1.34. The van der Waals surface area contributed by atoms with E-state index in [9.17, 15) is 4.79 Å². The number of piperidine rings is 2. The molecule has 2 aliphatic heterocycles. The van der Waals surface area contributed by atoms with Gasteiger partial charge in [-0.05, 0) is 56.0 Å². The van der Waals surface area contributed by atoms with Crippen molar-refractivity contribution in [2.75, 3.05) is 26.2 Å². The zero-order valence-electron chi connectivity index (χ0n) is 15.8. The number of nitrogens with zero attached hydrogens (tertiary/aromatic N) is 5. The number of carbonyl (C=O) groups is 1. The van der Waals surface area contributed by atoms with E-state index in [2.05, 4.69) is 24.8 Å². The van der Waals surface area contributed by atoms with Gasteiger partial charge in [0.2, 0.25) is 5.91 Å². The van der Waals surface area contributed by atoms with Crippen molar-refractivity contribution < 1.29 is 4.79 Å². The zero-order chi connectivity index (χ0) is 18.5. The van der Waals surface area contributed by atoms with Crippen LogP contribution in [0.3, 0.4) is 0 Å². The number of carbonyl (C=O) groups excluding carboxylic acids is 1. The number of hydrogen-bond acceptors (Lipinski definition) is 5. The van der Waals surface area contributed by atoms with Gasteiger partial charge in [0.15, 0.2) is 0 Å². The maximum absolute atomic E-state index is 12.4. The van der Waals surface area contributed by atoms with Crippen molar-refractivity contribution in [2.45, 2.75) is 38.6 Å². The van der Waals surface area contributed by atoms with Crippen LogP contribution in [0.25, 0.3) is 0 Å². The molecule has 1 spiro atoms. The van der Waals surface area contributed by atoms with E-state index in [1.165, 1.54) is 0 Å². The van der Waals surface area contributed by atoms with Crippen LogP contribution in [-0.2, 0) is 17.8 Å². The summed E-state index contributed by atoms with van der Waals surface area (Å²) in [4.78, 5) is 30.0. The molecule has 27 heavy (non-hydrogen) atoms. The third kappa shape index (κ3) is 4.50. The van der Waals surface area contributed by atoms with Crippen molar-refractivity contribution >= 4 is 5.91 Å². The third-order valence-electron chi connectivity index (χ3n) is 6.01. The molecule has 6 nitrogen and oxygen atoms in total. The molecule has 2 aromatic heterocycles. The van der Waals surface area contributed by atoms with Gasteiger partial charge in [0.25, 0.3) is 0 Å². The lowest BCUT2D eigenvalue weighted by atomic mass is 9.72. The van der Waals surface area contributed by atoms with Crippen LogP contribution in [0.2, 0.25) is 0 Å². The van der Waals surface area contributed by atoms with Gasteiger partial charge in [-0.25, -0.2) is 9.97 Å². The molecule has 2 fully saturated rings. The van der Waals surface area contributed by atoms with Crippen molar-refractivity contribution in [2.24, 2.45) is 5.41 Å². The lowest BCUT2D eigenvalue weighted by Gasteiger charge is -2.47. The SMILES string of the molecule is O=C1CCC2(CCN(Cc3ncccn3)CC2)CN1CCc1ccccn1. The lowest BCUT2D eigenvalue weighted by Crippen LogP contribution is -2.51. The minimum atomic E-state index is 0.284. The van der Waals surface area contributed by atoms with E-state index in [0.29, 0.717) is 12.3 Å². The fourth-order valence-electron chi connectivity index (χ4n) is 4.31. The molecule has 0 aliphatic carbocycles. The van der Waals surface area contributed by atoms with Crippen LogP contribution < -0.4 is 0 Å². The minimum absolute atomic E-state index is 0.284. The molecule has 0 bridgehead atoms. The number of pyridine rings is 1. The summed E-state index contributed by atoms with van der Waals surface area (Å²) in [6.07, 6.45) is 10.3. The average molecular weight is 365 g/mol. The van der Waals surface area contributed by atoms with Crippen molar-refractivity contribution in [1.82, 2.24) is 24.8 Å². The molecular formula is C21H27N5O. The quantitative estimate of drug-likeness (QED) is 0.814. The van der Waals surface area contributed by atoms with E-state index >= 15 is 0 Å². The summed E-state index contributed by atoms with van der Waals surface area (Å²) in [6, 6.07) is 7.83. The van der Waals surface area contributed by atoms with Crippen LogP contribution in [0, 0.1) is 5.41 Å². The van der Waals surface area contributed by atoms with Gasteiger partial charge in [0.1, 0.15) is 5.82 Å². The Balaban J connectivity index is 1.32. The Bertz CT molecular complexity index is 744. The summed E-state index contributed by atoms with van der Waals surface area (Å²) in [5.74, 6) is 1.20. The monoisotopic (exact) mass is 365 g/mol. The van der Waals surface area contributed by atoms with Crippen molar-refractivity contribution in [1.29, 1.82) is 0 Å². The largest absolute Gasteiger partial charge is 0.342 e. The van der Waals surface area contributed by atoms with Gasteiger partial charge in [-0.1, -0.05) is 6.07 Å². The van der Waals surface area contributed by atoms with Gasteiger partial charge < -0.3 is 4.90 Å². The highest BCUT2D eigenvalue weighted by Crippen LogP contribution is 2.40. The molecule has 1 amide bonds. The summed E-state index contributed by atoms with van der Waals surface area (Å²) < 4.78 is 0. The van der Waals surface area contributed by atoms with E-state index < -0.39 is 0 Å². The molecule has 4 rings (SSSR count). The molecule has 4 heterocycles. The maximum atomic E-state index is 12.4. The highest BCUT2D eigenvalue weighted by Gasteiger charge is 2.40. The minimum Gasteiger partial charge on any atom is -0.342 e.